The summed E-state index contributed by atoms with van der Waals surface area (Å²) in [5.41, 5.74) is 0.208. The molecule has 0 radical (unpaired) electrons. The van der Waals surface area contributed by atoms with Crippen LogP contribution in [0, 0.1) is 5.41 Å². The molecule has 106 valence electrons. The first-order valence-electron chi connectivity index (χ1n) is 7.76. The molecule has 0 spiro atoms. The van der Waals surface area contributed by atoms with Crippen LogP contribution in [-0.2, 0) is 0 Å². The predicted octanol–water partition coefficient (Wildman–Crippen LogP) is 1.96. The Labute approximate surface area is 112 Å². The number of hydrogen-bond acceptors (Lipinski definition) is 3. The third-order valence-electron chi connectivity index (χ3n) is 4.87. The van der Waals surface area contributed by atoms with E-state index in [1.807, 2.05) is 0 Å². The van der Waals surface area contributed by atoms with Crippen molar-refractivity contribution in [3.8, 4) is 0 Å². The van der Waals surface area contributed by atoms with Gasteiger partial charge in [-0.05, 0) is 39.4 Å². The highest BCUT2D eigenvalue weighted by Crippen LogP contribution is 2.35. The second kappa shape index (κ2) is 6.88. The molecule has 0 atom stereocenters. The van der Waals surface area contributed by atoms with E-state index < -0.39 is 0 Å². The molecule has 2 aliphatic rings. The van der Waals surface area contributed by atoms with Gasteiger partial charge in [0.1, 0.15) is 0 Å². The molecule has 0 bridgehead atoms. The molecule has 2 rings (SSSR count). The Morgan fingerprint density at radius 3 is 2.28 bits per heavy atom. The predicted molar refractivity (Wildman–Crippen MR) is 75.8 cm³/mol. The van der Waals surface area contributed by atoms with Crippen LogP contribution in [0.4, 0.5) is 0 Å². The number of aliphatic hydroxyl groups is 1. The van der Waals surface area contributed by atoms with Crippen molar-refractivity contribution in [3.05, 3.63) is 0 Å². The van der Waals surface area contributed by atoms with Gasteiger partial charge in [-0.15, -0.1) is 0 Å². The number of rotatable bonds is 3. The van der Waals surface area contributed by atoms with Crippen molar-refractivity contribution < 1.29 is 5.11 Å². The van der Waals surface area contributed by atoms with E-state index in [4.69, 9.17) is 0 Å². The molecule has 1 aliphatic carbocycles. The lowest BCUT2D eigenvalue weighted by atomic mass is 9.80. The molecule has 0 aromatic heterocycles. The minimum Gasteiger partial charge on any atom is -0.396 e. The van der Waals surface area contributed by atoms with Gasteiger partial charge >= 0.3 is 0 Å². The summed E-state index contributed by atoms with van der Waals surface area (Å²) in [7, 11) is 2.22. The van der Waals surface area contributed by atoms with Crippen LogP contribution in [0.25, 0.3) is 0 Å². The van der Waals surface area contributed by atoms with Crippen LogP contribution < -0.4 is 0 Å². The summed E-state index contributed by atoms with van der Waals surface area (Å²) < 4.78 is 0. The molecule has 0 aromatic rings. The Kier molecular flexibility index (Phi) is 5.46. The second-order valence-corrected chi connectivity index (χ2v) is 6.51. The minimum absolute atomic E-state index is 0.208. The van der Waals surface area contributed by atoms with Gasteiger partial charge in [0.25, 0.3) is 0 Å². The quantitative estimate of drug-likeness (QED) is 0.780. The maximum absolute atomic E-state index is 9.88. The summed E-state index contributed by atoms with van der Waals surface area (Å²) >= 11 is 0. The lowest BCUT2D eigenvalue weighted by molar-refractivity contribution is 0.0609. The van der Waals surface area contributed by atoms with E-state index in [0.717, 1.165) is 6.54 Å². The number of hydrogen-bond donors (Lipinski definition) is 1. The largest absolute Gasteiger partial charge is 0.396 e. The van der Waals surface area contributed by atoms with Crippen molar-refractivity contribution in [2.45, 2.75) is 44.9 Å². The fourth-order valence-corrected chi connectivity index (χ4v) is 3.58. The molecule has 1 heterocycles. The van der Waals surface area contributed by atoms with E-state index in [1.165, 1.54) is 71.1 Å². The Hall–Kier alpha value is -0.120. The summed E-state index contributed by atoms with van der Waals surface area (Å²) in [6, 6.07) is 0. The van der Waals surface area contributed by atoms with Crippen LogP contribution in [0.3, 0.4) is 0 Å². The summed E-state index contributed by atoms with van der Waals surface area (Å²) in [6.07, 6.45) is 9.10. The van der Waals surface area contributed by atoms with Gasteiger partial charge in [0, 0.05) is 31.7 Å². The Morgan fingerprint density at radius 1 is 0.889 bits per heavy atom. The molecule has 1 aliphatic heterocycles. The average molecular weight is 254 g/mol. The monoisotopic (exact) mass is 254 g/mol. The van der Waals surface area contributed by atoms with E-state index in [9.17, 15) is 5.11 Å². The van der Waals surface area contributed by atoms with E-state index >= 15 is 0 Å². The van der Waals surface area contributed by atoms with Crippen molar-refractivity contribution in [2.24, 2.45) is 5.41 Å². The number of nitrogens with zero attached hydrogens (tertiary/aromatic N) is 2. The third kappa shape index (κ3) is 3.94. The standard InChI is InChI=1S/C15H30N2O/c1-16-9-6-10-17(12-11-16)13-15(14-18)7-4-2-3-5-8-15/h18H,2-14H2,1H3. The molecule has 1 N–H and O–H groups in total. The number of likely N-dealkylation sites (N-methyl/N-ethyl adjacent to an activating group) is 1. The third-order valence-corrected chi connectivity index (χ3v) is 4.87. The van der Waals surface area contributed by atoms with Gasteiger partial charge in [-0.25, -0.2) is 0 Å². The topological polar surface area (TPSA) is 26.7 Å². The highest BCUT2D eigenvalue weighted by atomic mass is 16.3. The molecule has 0 unspecified atom stereocenters. The van der Waals surface area contributed by atoms with Crippen molar-refractivity contribution in [1.82, 2.24) is 9.80 Å². The highest BCUT2D eigenvalue weighted by Gasteiger charge is 2.32. The lowest BCUT2D eigenvalue weighted by Gasteiger charge is -2.36. The van der Waals surface area contributed by atoms with Crippen molar-refractivity contribution in [1.29, 1.82) is 0 Å². The smallest absolute Gasteiger partial charge is 0.0499 e. The maximum Gasteiger partial charge on any atom is 0.0499 e. The Bertz CT molecular complexity index is 237. The van der Waals surface area contributed by atoms with Gasteiger partial charge in [-0.1, -0.05) is 25.7 Å². The summed E-state index contributed by atoms with van der Waals surface area (Å²) in [5.74, 6) is 0. The van der Waals surface area contributed by atoms with Gasteiger partial charge < -0.3 is 14.9 Å². The van der Waals surface area contributed by atoms with Crippen molar-refractivity contribution >= 4 is 0 Å². The van der Waals surface area contributed by atoms with Gasteiger partial charge in [-0.3, -0.25) is 0 Å². The Morgan fingerprint density at radius 2 is 1.61 bits per heavy atom. The molecule has 18 heavy (non-hydrogen) atoms. The van der Waals surface area contributed by atoms with Crippen molar-refractivity contribution in [2.75, 3.05) is 46.4 Å². The fourth-order valence-electron chi connectivity index (χ4n) is 3.58. The molecule has 1 saturated carbocycles. The van der Waals surface area contributed by atoms with Crippen LogP contribution >= 0.6 is 0 Å². The van der Waals surface area contributed by atoms with Gasteiger partial charge in [0.15, 0.2) is 0 Å². The Balaban J connectivity index is 1.91. The maximum atomic E-state index is 9.88. The summed E-state index contributed by atoms with van der Waals surface area (Å²) in [5, 5.41) is 9.88. The van der Waals surface area contributed by atoms with E-state index in [2.05, 4.69) is 16.8 Å². The first kappa shape index (κ1) is 14.3. The summed E-state index contributed by atoms with van der Waals surface area (Å²) in [6.45, 7) is 6.31. The molecule has 0 amide bonds. The van der Waals surface area contributed by atoms with Crippen LogP contribution in [0.1, 0.15) is 44.9 Å². The van der Waals surface area contributed by atoms with E-state index in [-0.39, 0.29) is 5.41 Å². The minimum atomic E-state index is 0.208. The lowest BCUT2D eigenvalue weighted by Crippen LogP contribution is -2.41. The van der Waals surface area contributed by atoms with Gasteiger partial charge in [0.2, 0.25) is 0 Å². The van der Waals surface area contributed by atoms with Gasteiger partial charge in [-0.2, -0.15) is 0 Å². The molecule has 3 heteroatoms. The van der Waals surface area contributed by atoms with E-state index in [0.29, 0.717) is 6.61 Å². The zero-order chi connectivity index (χ0) is 12.8. The highest BCUT2D eigenvalue weighted by molar-refractivity contribution is 4.85. The molecular formula is C15H30N2O. The summed E-state index contributed by atoms with van der Waals surface area (Å²) in [4.78, 5) is 5.03. The zero-order valence-electron chi connectivity index (χ0n) is 12.0. The molecule has 2 fully saturated rings. The fraction of sp³-hybridized carbons (Fsp3) is 1.00. The first-order valence-corrected chi connectivity index (χ1v) is 7.76. The molecule has 0 aromatic carbocycles. The van der Waals surface area contributed by atoms with Crippen LogP contribution in [0.2, 0.25) is 0 Å². The molecule has 1 saturated heterocycles. The van der Waals surface area contributed by atoms with Crippen LogP contribution in [-0.4, -0.2) is 61.3 Å². The SMILES string of the molecule is CN1CCCN(CC2(CO)CCCCCC2)CC1. The first-order chi connectivity index (χ1) is 8.74. The van der Waals surface area contributed by atoms with Crippen LogP contribution in [0.5, 0.6) is 0 Å². The molecule has 3 nitrogen and oxygen atoms in total. The second-order valence-electron chi connectivity index (χ2n) is 6.51. The van der Waals surface area contributed by atoms with Crippen molar-refractivity contribution in [3.63, 3.8) is 0 Å². The van der Waals surface area contributed by atoms with E-state index in [1.54, 1.807) is 0 Å². The normalized spacial score (nSPS) is 27.7. The van der Waals surface area contributed by atoms with Crippen LogP contribution in [0.15, 0.2) is 0 Å². The zero-order valence-corrected chi connectivity index (χ0v) is 12.0. The average Bonchev–Trinajstić information content (AvgIpc) is 2.72. The van der Waals surface area contributed by atoms with Gasteiger partial charge in [0.05, 0.1) is 0 Å². The number of aliphatic hydroxyl groups excluding tert-OH is 1. The molecular weight excluding hydrogens is 224 g/mol.